The average molecular weight is 449 g/mol. The highest BCUT2D eigenvalue weighted by molar-refractivity contribution is 6.30. The summed E-state index contributed by atoms with van der Waals surface area (Å²) in [6, 6.07) is 5.62. The standard InChI is InChI=1S/C19H26ClN5O.2ClH/c1-13-4-5-16(20)8-17(13)25-7-6-14(11-25)9-22-19(26)18(21-2)15-10-23-24(3)12-15;;/h4-5,8,10,12,14,18,21H,6-7,9,11H2,1-3H3,(H,22,26);2*1H. The molecule has 6 nitrogen and oxygen atoms in total. The van der Waals surface area contributed by atoms with Crippen molar-refractivity contribution in [1.82, 2.24) is 20.4 Å². The lowest BCUT2D eigenvalue weighted by atomic mass is 10.1. The molecule has 1 amide bonds. The molecule has 2 atom stereocenters. The molecular formula is C19H28Cl3N5O. The zero-order valence-electron chi connectivity index (χ0n) is 16.3. The van der Waals surface area contributed by atoms with Crippen LogP contribution in [-0.2, 0) is 11.8 Å². The Kier molecular flexibility index (Phi) is 9.57. The Balaban J connectivity index is 0.00000196. The number of nitrogens with one attached hydrogen (secondary N) is 2. The molecule has 2 heterocycles. The van der Waals surface area contributed by atoms with Crippen LogP contribution in [0.2, 0.25) is 5.02 Å². The van der Waals surface area contributed by atoms with Gasteiger partial charge in [0.1, 0.15) is 6.04 Å². The smallest absolute Gasteiger partial charge is 0.241 e. The highest BCUT2D eigenvalue weighted by atomic mass is 35.5. The minimum atomic E-state index is -0.378. The fourth-order valence-corrected chi connectivity index (χ4v) is 3.69. The van der Waals surface area contributed by atoms with Crippen molar-refractivity contribution in [2.24, 2.45) is 13.0 Å². The van der Waals surface area contributed by atoms with Gasteiger partial charge in [-0.15, -0.1) is 24.8 Å². The predicted octanol–water partition coefficient (Wildman–Crippen LogP) is 3.13. The van der Waals surface area contributed by atoms with Gasteiger partial charge in [0.2, 0.25) is 5.91 Å². The molecule has 1 aromatic carbocycles. The van der Waals surface area contributed by atoms with E-state index in [1.807, 2.05) is 25.4 Å². The fraction of sp³-hybridized carbons (Fsp3) is 0.474. The maximum absolute atomic E-state index is 12.5. The molecule has 9 heteroatoms. The van der Waals surface area contributed by atoms with Crippen LogP contribution in [0.4, 0.5) is 5.69 Å². The molecule has 0 bridgehead atoms. The highest BCUT2D eigenvalue weighted by Crippen LogP contribution is 2.29. The van der Waals surface area contributed by atoms with Gasteiger partial charge in [0, 0.05) is 49.2 Å². The van der Waals surface area contributed by atoms with E-state index in [9.17, 15) is 4.79 Å². The molecule has 1 aliphatic rings. The van der Waals surface area contributed by atoms with Crippen LogP contribution in [-0.4, -0.2) is 42.4 Å². The summed E-state index contributed by atoms with van der Waals surface area (Å²) in [5.74, 6) is 0.418. The second kappa shape index (κ2) is 10.9. The van der Waals surface area contributed by atoms with E-state index < -0.39 is 0 Å². The van der Waals surface area contributed by atoms with Crippen LogP contribution in [0, 0.1) is 12.8 Å². The summed E-state index contributed by atoms with van der Waals surface area (Å²) in [4.78, 5) is 14.9. The third-order valence-corrected chi connectivity index (χ3v) is 5.21. The molecule has 0 aliphatic carbocycles. The summed E-state index contributed by atoms with van der Waals surface area (Å²) in [6.45, 7) is 4.69. The third kappa shape index (κ3) is 5.77. The average Bonchev–Trinajstić information content (AvgIpc) is 3.25. The molecule has 0 spiro atoms. The number of carbonyl (C=O) groups is 1. The number of amides is 1. The number of nitrogens with zero attached hydrogens (tertiary/aromatic N) is 3. The summed E-state index contributed by atoms with van der Waals surface area (Å²) in [7, 11) is 3.63. The molecule has 0 radical (unpaired) electrons. The molecule has 3 rings (SSSR count). The van der Waals surface area contributed by atoms with Crippen molar-refractivity contribution in [3.63, 3.8) is 0 Å². The fourth-order valence-electron chi connectivity index (χ4n) is 3.53. The van der Waals surface area contributed by atoms with Crippen molar-refractivity contribution in [2.75, 3.05) is 31.6 Å². The molecule has 28 heavy (non-hydrogen) atoms. The summed E-state index contributed by atoms with van der Waals surface area (Å²) < 4.78 is 1.70. The molecule has 1 aliphatic heterocycles. The highest BCUT2D eigenvalue weighted by Gasteiger charge is 2.26. The molecule has 2 aromatic rings. The Morgan fingerprint density at radius 2 is 2.14 bits per heavy atom. The SMILES string of the molecule is CNC(C(=O)NCC1CCN(c2cc(Cl)ccc2C)C1)c1cnn(C)c1.Cl.Cl. The van der Waals surface area contributed by atoms with Crippen LogP contribution >= 0.6 is 36.4 Å². The molecule has 2 unspecified atom stereocenters. The number of rotatable bonds is 6. The Bertz CT molecular complexity index is 783. The van der Waals surface area contributed by atoms with Crippen LogP contribution in [0.1, 0.15) is 23.6 Å². The second-order valence-corrected chi connectivity index (χ2v) is 7.38. The predicted molar refractivity (Wildman–Crippen MR) is 119 cm³/mol. The number of carbonyl (C=O) groups excluding carboxylic acids is 1. The Hall–Kier alpha value is -1.47. The van der Waals surface area contributed by atoms with Gasteiger partial charge in [-0.05, 0) is 44.0 Å². The van der Waals surface area contributed by atoms with Gasteiger partial charge in [0.05, 0.1) is 6.20 Å². The van der Waals surface area contributed by atoms with Crippen LogP contribution in [0.5, 0.6) is 0 Å². The number of halogens is 3. The van der Waals surface area contributed by atoms with E-state index in [4.69, 9.17) is 11.6 Å². The van der Waals surface area contributed by atoms with Crippen LogP contribution in [0.3, 0.4) is 0 Å². The zero-order chi connectivity index (χ0) is 18.7. The molecule has 156 valence electrons. The molecule has 1 fully saturated rings. The Morgan fingerprint density at radius 1 is 1.39 bits per heavy atom. The number of anilines is 1. The first-order chi connectivity index (χ1) is 12.5. The zero-order valence-corrected chi connectivity index (χ0v) is 18.7. The van der Waals surface area contributed by atoms with E-state index in [0.29, 0.717) is 12.5 Å². The maximum Gasteiger partial charge on any atom is 0.241 e. The van der Waals surface area contributed by atoms with Gasteiger partial charge in [-0.3, -0.25) is 9.48 Å². The van der Waals surface area contributed by atoms with Crippen molar-refractivity contribution < 1.29 is 4.79 Å². The molecule has 0 saturated carbocycles. The van der Waals surface area contributed by atoms with Crippen molar-refractivity contribution in [2.45, 2.75) is 19.4 Å². The van der Waals surface area contributed by atoms with Gasteiger partial charge in [-0.1, -0.05) is 17.7 Å². The van der Waals surface area contributed by atoms with E-state index in [1.54, 1.807) is 17.9 Å². The number of aromatic nitrogens is 2. The number of hydrogen-bond acceptors (Lipinski definition) is 4. The molecule has 2 N–H and O–H groups in total. The summed E-state index contributed by atoms with van der Waals surface area (Å²) in [5.41, 5.74) is 3.29. The summed E-state index contributed by atoms with van der Waals surface area (Å²) in [6.07, 6.45) is 4.64. The van der Waals surface area contributed by atoms with E-state index in [0.717, 1.165) is 30.1 Å². The quantitative estimate of drug-likeness (QED) is 0.713. The van der Waals surface area contributed by atoms with Crippen LogP contribution in [0.15, 0.2) is 30.6 Å². The minimum Gasteiger partial charge on any atom is -0.371 e. The number of hydrogen-bond donors (Lipinski definition) is 2. The number of benzene rings is 1. The molecular weight excluding hydrogens is 421 g/mol. The number of aryl methyl sites for hydroxylation is 2. The second-order valence-electron chi connectivity index (χ2n) is 6.95. The molecule has 1 aromatic heterocycles. The lowest BCUT2D eigenvalue weighted by Crippen LogP contribution is -2.38. The third-order valence-electron chi connectivity index (χ3n) is 4.97. The van der Waals surface area contributed by atoms with Gasteiger partial charge in [0.25, 0.3) is 0 Å². The van der Waals surface area contributed by atoms with Gasteiger partial charge in [-0.2, -0.15) is 5.10 Å². The van der Waals surface area contributed by atoms with Crippen LogP contribution < -0.4 is 15.5 Å². The normalized spacial score (nSPS) is 16.9. The van der Waals surface area contributed by atoms with Gasteiger partial charge < -0.3 is 15.5 Å². The first-order valence-electron chi connectivity index (χ1n) is 8.92. The largest absolute Gasteiger partial charge is 0.371 e. The van der Waals surface area contributed by atoms with Crippen LogP contribution in [0.25, 0.3) is 0 Å². The first kappa shape index (κ1) is 24.6. The first-order valence-corrected chi connectivity index (χ1v) is 9.30. The van der Waals surface area contributed by atoms with E-state index in [2.05, 4.69) is 33.6 Å². The Morgan fingerprint density at radius 3 is 2.79 bits per heavy atom. The van der Waals surface area contributed by atoms with Crippen molar-refractivity contribution in [3.05, 3.63) is 46.7 Å². The van der Waals surface area contributed by atoms with Gasteiger partial charge in [0.15, 0.2) is 0 Å². The van der Waals surface area contributed by atoms with E-state index in [1.165, 1.54) is 11.3 Å². The lowest BCUT2D eigenvalue weighted by molar-refractivity contribution is -0.123. The summed E-state index contributed by atoms with van der Waals surface area (Å²) in [5, 5.41) is 11.1. The monoisotopic (exact) mass is 447 g/mol. The van der Waals surface area contributed by atoms with Crippen molar-refractivity contribution in [3.8, 4) is 0 Å². The van der Waals surface area contributed by atoms with Gasteiger partial charge in [-0.25, -0.2) is 0 Å². The maximum atomic E-state index is 12.5. The minimum absolute atomic E-state index is 0. The number of likely N-dealkylation sites (N-methyl/N-ethyl adjacent to an activating group) is 1. The van der Waals surface area contributed by atoms with Crippen molar-refractivity contribution in [1.29, 1.82) is 0 Å². The Labute approximate surface area is 183 Å². The topological polar surface area (TPSA) is 62.2 Å². The van der Waals surface area contributed by atoms with Gasteiger partial charge >= 0.3 is 0 Å². The van der Waals surface area contributed by atoms with E-state index in [-0.39, 0.29) is 36.8 Å². The van der Waals surface area contributed by atoms with Crippen molar-refractivity contribution >= 4 is 48.0 Å². The van der Waals surface area contributed by atoms with E-state index >= 15 is 0 Å². The molecule has 1 saturated heterocycles. The summed E-state index contributed by atoms with van der Waals surface area (Å²) >= 11 is 6.15. The lowest BCUT2D eigenvalue weighted by Gasteiger charge is -2.22.